The molecule has 1 atom stereocenters. The Labute approximate surface area is 142 Å². The van der Waals surface area contributed by atoms with Crippen LogP contribution < -0.4 is 10.6 Å². The lowest BCUT2D eigenvalue weighted by atomic mass is 9.96. The fourth-order valence-electron chi connectivity index (χ4n) is 2.74. The second kappa shape index (κ2) is 9.05. The third-order valence-corrected chi connectivity index (χ3v) is 4.05. The first kappa shape index (κ1) is 18.0. The van der Waals surface area contributed by atoms with Gasteiger partial charge in [0.2, 0.25) is 0 Å². The molecule has 0 radical (unpaired) electrons. The highest BCUT2D eigenvalue weighted by atomic mass is 16.5. The van der Waals surface area contributed by atoms with Crippen LogP contribution in [0.25, 0.3) is 0 Å². The summed E-state index contributed by atoms with van der Waals surface area (Å²) in [6.45, 7) is 1.45. The van der Waals surface area contributed by atoms with Crippen molar-refractivity contribution >= 4 is 17.9 Å². The maximum Gasteiger partial charge on any atom is 0.321 e. The van der Waals surface area contributed by atoms with Gasteiger partial charge in [-0.2, -0.15) is 0 Å². The summed E-state index contributed by atoms with van der Waals surface area (Å²) in [6.07, 6.45) is 4.31. The van der Waals surface area contributed by atoms with E-state index in [4.69, 9.17) is 4.74 Å². The number of hydrogen-bond donors (Lipinski definition) is 2. The van der Waals surface area contributed by atoms with Crippen LogP contribution >= 0.6 is 0 Å². The van der Waals surface area contributed by atoms with Crippen LogP contribution in [0.1, 0.15) is 44.6 Å². The molecule has 6 nitrogen and oxygen atoms in total. The summed E-state index contributed by atoms with van der Waals surface area (Å²) in [5, 5.41) is 5.02. The Morgan fingerprint density at radius 2 is 1.79 bits per heavy atom. The molecule has 2 rings (SSSR count). The molecule has 0 aliphatic heterocycles. The zero-order valence-electron chi connectivity index (χ0n) is 13.9. The van der Waals surface area contributed by atoms with Crippen molar-refractivity contribution in [3.05, 3.63) is 35.9 Å². The number of rotatable bonds is 5. The lowest BCUT2D eigenvalue weighted by Crippen LogP contribution is -2.48. The molecule has 1 saturated carbocycles. The van der Waals surface area contributed by atoms with Crippen LogP contribution in [-0.2, 0) is 20.7 Å². The second-order valence-electron chi connectivity index (χ2n) is 6.09. The molecule has 0 spiro atoms. The average molecular weight is 332 g/mol. The maximum absolute atomic E-state index is 11.9. The van der Waals surface area contributed by atoms with Crippen molar-refractivity contribution in [3.63, 3.8) is 0 Å². The topological polar surface area (TPSA) is 84.5 Å². The van der Waals surface area contributed by atoms with Gasteiger partial charge < -0.3 is 10.1 Å². The van der Waals surface area contributed by atoms with Crippen molar-refractivity contribution in [1.29, 1.82) is 0 Å². The Morgan fingerprint density at radius 1 is 1.12 bits per heavy atom. The number of urea groups is 1. The van der Waals surface area contributed by atoms with Crippen LogP contribution in [0.15, 0.2) is 30.3 Å². The molecule has 24 heavy (non-hydrogen) atoms. The summed E-state index contributed by atoms with van der Waals surface area (Å²) < 4.78 is 5.08. The summed E-state index contributed by atoms with van der Waals surface area (Å²) in [4.78, 5) is 35.6. The summed E-state index contributed by atoms with van der Waals surface area (Å²) in [6, 6.07) is 8.71. The molecular formula is C18H24N2O4. The minimum Gasteiger partial charge on any atom is -0.452 e. The first-order chi connectivity index (χ1) is 11.5. The Kier molecular flexibility index (Phi) is 6.78. The Balaban J connectivity index is 1.72. The SMILES string of the molecule is C[C@@H](OC(=O)Cc1ccccc1)C(=O)NC(=O)NC1CCCCC1. The van der Waals surface area contributed by atoms with E-state index in [-0.39, 0.29) is 12.5 Å². The molecule has 6 heteroatoms. The lowest BCUT2D eigenvalue weighted by molar-refractivity contribution is -0.153. The van der Waals surface area contributed by atoms with Crippen LogP contribution in [0, 0.1) is 0 Å². The molecule has 0 aromatic heterocycles. The van der Waals surface area contributed by atoms with E-state index in [1.54, 1.807) is 0 Å². The predicted molar refractivity (Wildman–Crippen MR) is 89.2 cm³/mol. The van der Waals surface area contributed by atoms with Gasteiger partial charge in [-0.1, -0.05) is 49.6 Å². The van der Waals surface area contributed by atoms with E-state index in [1.807, 2.05) is 30.3 Å². The molecule has 0 bridgehead atoms. The van der Waals surface area contributed by atoms with E-state index in [1.165, 1.54) is 13.3 Å². The van der Waals surface area contributed by atoms with Crippen molar-refractivity contribution in [1.82, 2.24) is 10.6 Å². The first-order valence-corrected chi connectivity index (χ1v) is 8.39. The molecule has 1 aliphatic rings. The van der Waals surface area contributed by atoms with Crippen LogP contribution in [0.5, 0.6) is 0 Å². The van der Waals surface area contributed by atoms with Gasteiger partial charge in [0.1, 0.15) is 0 Å². The van der Waals surface area contributed by atoms with Crippen LogP contribution in [0.3, 0.4) is 0 Å². The minimum atomic E-state index is -1.02. The monoisotopic (exact) mass is 332 g/mol. The summed E-state index contributed by atoms with van der Waals surface area (Å²) in [5.74, 6) is -1.12. The molecule has 3 amide bonds. The Hall–Kier alpha value is -2.37. The quantitative estimate of drug-likeness (QED) is 0.811. The molecule has 1 aromatic carbocycles. The molecular weight excluding hydrogens is 308 g/mol. The summed E-state index contributed by atoms with van der Waals surface area (Å²) in [7, 11) is 0. The number of esters is 1. The van der Waals surface area contributed by atoms with Gasteiger partial charge >= 0.3 is 12.0 Å². The zero-order chi connectivity index (χ0) is 17.4. The van der Waals surface area contributed by atoms with Gasteiger partial charge in [-0.15, -0.1) is 0 Å². The fourth-order valence-corrected chi connectivity index (χ4v) is 2.74. The Morgan fingerprint density at radius 3 is 2.46 bits per heavy atom. The highest BCUT2D eigenvalue weighted by Crippen LogP contribution is 2.17. The van der Waals surface area contributed by atoms with E-state index in [2.05, 4.69) is 10.6 Å². The van der Waals surface area contributed by atoms with Gasteiger partial charge in [0.25, 0.3) is 5.91 Å². The van der Waals surface area contributed by atoms with Crippen LogP contribution in [0.4, 0.5) is 4.79 Å². The number of carbonyl (C=O) groups is 3. The third-order valence-electron chi connectivity index (χ3n) is 4.05. The van der Waals surface area contributed by atoms with Gasteiger partial charge in [0.05, 0.1) is 6.42 Å². The van der Waals surface area contributed by atoms with Gasteiger partial charge in [0, 0.05) is 6.04 Å². The number of benzene rings is 1. The number of amides is 3. The number of carbonyl (C=O) groups excluding carboxylic acids is 3. The largest absolute Gasteiger partial charge is 0.452 e. The normalized spacial score (nSPS) is 16.0. The van der Waals surface area contributed by atoms with Crippen molar-refractivity contribution in [2.45, 2.75) is 57.6 Å². The number of ether oxygens (including phenoxy) is 1. The molecule has 0 heterocycles. The van der Waals surface area contributed by atoms with Crippen LogP contribution in [0.2, 0.25) is 0 Å². The zero-order valence-corrected chi connectivity index (χ0v) is 13.9. The standard InChI is InChI=1S/C18H24N2O4/c1-13(24-16(21)12-14-8-4-2-5-9-14)17(22)20-18(23)19-15-10-6-3-7-11-15/h2,4-5,8-9,13,15H,3,6-7,10-12H2,1H3,(H2,19,20,22,23)/t13-/m1/s1. The average Bonchev–Trinajstić information content (AvgIpc) is 2.56. The van der Waals surface area contributed by atoms with E-state index < -0.39 is 24.0 Å². The predicted octanol–water partition coefficient (Wildman–Crippen LogP) is 2.32. The second-order valence-corrected chi connectivity index (χ2v) is 6.09. The molecule has 130 valence electrons. The van der Waals surface area contributed by atoms with Gasteiger partial charge in [-0.3, -0.25) is 14.9 Å². The van der Waals surface area contributed by atoms with Crippen molar-refractivity contribution in [2.24, 2.45) is 0 Å². The van der Waals surface area contributed by atoms with Crippen molar-refractivity contribution in [2.75, 3.05) is 0 Å². The molecule has 0 saturated heterocycles. The molecule has 2 N–H and O–H groups in total. The highest BCUT2D eigenvalue weighted by Gasteiger charge is 2.22. The number of nitrogens with one attached hydrogen (secondary N) is 2. The molecule has 1 aromatic rings. The van der Waals surface area contributed by atoms with E-state index in [9.17, 15) is 14.4 Å². The number of imide groups is 1. The van der Waals surface area contributed by atoms with E-state index in [0.29, 0.717) is 0 Å². The number of hydrogen-bond acceptors (Lipinski definition) is 4. The molecule has 1 aliphatic carbocycles. The van der Waals surface area contributed by atoms with Crippen molar-refractivity contribution < 1.29 is 19.1 Å². The fraction of sp³-hybridized carbons (Fsp3) is 0.500. The minimum absolute atomic E-state index is 0.0900. The van der Waals surface area contributed by atoms with E-state index in [0.717, 1.165) is 31.2 Å². The van der Waals surface area contributed by atoms with Gasteiger partial charge in [-0.05, 0) is 25.3 Å². The molecule has 0 unspecified atom stereocenters. The van der Waals surface area contributed by atoms with Gasteiger partial charge in [-0.25, -0.2) is 4.79 Å². The van der Waals surface area contributed by atoms with E-state index >= 15 is 0 Å². The summed E-state index contributed by atoms with van der Waals surface area (Å²) >= 11 is 0. The van der Waals surface area contributed by atoms with Crippen molar-refractivity contribution in [3.8, 4) is 0 Å². The maximum atomic E-state index is 11.9. The highest BCUT2D eigenvalue weighted by molar-refractivity contribution is 5.97. The molecule has 1 fully saturated rings. The lowest BCUT2D eigenvalue weighted by Gasteiger charge is -2.23. The first-order valence-electron chi connectivity index (χ1n) is 8.39. The smallest absolute Gasteiger partial charge is 0.321 e. The Bertz CT molecular complexity index is 568. The van der Waals surface area contributed by atoms with Gasteiger partial charge in [0.15, 0.2) is 6.10 Å². The third kappa shape index (κ3) is 6.02. The summed E-state index contributed by atoms with van der Waals surface area (Å²) in [5.41, 5.74) is 0.810. The van der Waals surface area contributed by atoms with Crippen LogP contribution in [-0.4, -0.2) is 30.1 Å².